The lowest BCUT2D eigenvalue weighted by molar-refractivity contribution is 0.391. The molecule has 1 saturated heterocycles. The molecule has 112 valence electrons. The molecular weight excluding hydrogens is 286 g/mol. The minimum atomic E-state index is -3.57. The third-order valence-electron chi connectivity index (χ3n) is 3.94. The molecule has 3 rings (SSSR count). The molecular formula is C15H19N3O2S. The molecule has 0 saturated carbocycles. The van der Waals surface area contributed by atoms with Crippen molar-refractivity contribution in [2.45, 2.75) is 30.7 Å². The number of nitrogens with zero attached hydrogens (tertiary/aromatic N) is 1. The van der Waals surface area contributed by atoms with E-state index in [0.717, 1.165) is 24.1 Å². The SMILES string of the molecule is Cc1ccc(S(=O)(=O)N2CCCC2c2ccc[nH]2)c(N)c1. The monoisotopic (exact) mass is 305 g/mol. The summed E-state index contributed by atoms with van der Waals surface area (Å²) in [7, 11) is -3.57. The van der Waals surface area contributed by atoms with Crippen LogP contribution in [0.4, 0.5) is 5.69 Å². The Morgan fingerprint density at radius 1 is 1.33 bits per heavy atom. The van der Waals surface area contributed by atoms with E-state index in [-0.39, 0.29) is 10.9 Å². The molecule has 0 amide bonds. The van der Waals surface area contributed by atoms with Gasteiger partial charge >= 0.3 is 0 Å². The van der Waals surface area contributed by atoms with Crippen molar-refractivity contribution in [3.8, 4) is 0 Å². The highest BCUT2D eigenvalue weighted by atomic mass is 32.2. The molecule has 1 atom stereocenters. The van der Waals surface area contributed by atoms with Crippen LogP contribution in [0.15, 0.2) is 41.4 Å². The van der Waals surface area contributed by atoms with Gasteiger partial charge in [0, 0.05) is 18.4 Å². The molecule has 3 N–H and O–H groups in total. The summed E-state index contributed by atoms with van der Waals surface area (Å²) < 4.78 is 27.4. The summed E-state index contributed by atoms with van der Waals surface area (Å²) in [6.45, 7) is 2.42. The Labute approximate surface area is 124 Å². The number of aryl methyl sites for hydroxylation is 1. The summed E-state index contributed by atoms with van der Waals surface area (Å²) in [5.41, 5.74) is 8.12. The number of hydrogen-bond donors (Lipinski definition) is 2. The summed E-state index contributed by atoms with van der Waals surface area (Å²) >= 11 is 0. The van der Waals surface area contributed by atoms with Gasteiger partial charge in [0.25, 0.3) is 0 Å². The second kappa shape index (κ2) is 5.20. The molecule has 1 aliphatic rings. The maximum atomic E-state index is 12.9. The number of H-pyrrole nitrogens is 1. The van der Waals surface area contributed by atoms with Crippen molar-refractivity contribution in [3.05, 3.63) is 47.8 Å². The molecule has 2 heterocycles. The first-order valence-electron chi connectivity index (χ1n) is 7.01. The van der Waals surface area contributed by atoms with Gasteiger partial charge in [-0.1, -0.05) is 6.07 Å². The number of sulfonamides is 1. The summed E-state index contributed by atoms with van der Waals surface area (Å²) in [4.78, 5) is 3.32. The minimum absolute atomic E-state index is 0.134. The predicted molar refractivity (Wildman–Crippen MR) is 82.3 cm³/mol. The van der Waals surface area contributed by atoms with Gasteiger partial charge in [-0.15, -0.1) is 0 Å². The number of anilines is 1. The molecule has 0 bridgehead atoms. The molecule has 1 aliphatic heterocycles. The highest BCUT2D eigenvalue weighted by Crippen LogP contribution is 2.37. The van der Waals surface area contributed by atoms with E-state index in [4.69, 9.17) is 5.73 Å². The van der Waals surface area contributed by atoms with Gasteiger partial charge in [-0.2, -0.15) is 4.31 Å². The molecule has 1 aromatic carbocycles. The first-order valence-corrected chi connectivity index (χ1v) is 8.45. The van der Waals surface area contributed by atoms with Gasteiger partial charge in [-0.05, 0) is 49.6 Å². The molecule has 0 aliphatic carbocycles. The Bertz CT molecular complexity index is 738. The third-order valence-corrected chi connectivity index (χ3v) is 5.92. The van der Waals surface area contributed by atoms with Crippen LogP contribution < -0.4 is 5.73 Å². The number of nitrogens with one attached hydrogen (secondary N) is 1. The molecule has 0 spiro atoms. The molecule has 1 unspecified atom stereocenters. The molecule has 5 nitrogen and oxygen atoms in total. The zero-order chi connectivity index (χ0) is 15.0. The zero-order valence-electron chi connectivity index (χ0n) is 11.9. The van der Waals surface area contributed by atoms with E-state index < -0.39 is 10.0 Å². The first-order chi connectivity index (χ1) is 10.00. The van der Waals surface area contributed by atoms with E-state index >= 15 is 0 Å². The zero-order valence-corrected chi connectivity index (χ0v) is 12.7. The van der Waals surface area contributed by atoms with Crippen molar-refractivity contribution in [2.75, 3.05) is 12.3 Å². The van der Waals surface area contributed by atoms with Gasteiger partial charge in [0.05, 0.1) is 11.7 Å². The van der Waals surface area contributed by atoms with E-state index in [0.29, 0.717) is 12.2 Å². The standard InChI is InChI=1S/C15H19N3O2S/c1-11-6-7-15(12(16)10-11)21(19,20)18-9-3-5-14(18)13-4-2-8-17-13/h2,4,6-8,10,14,17H,3,5,9,16H2,1H3. The fraction of sp³-hybridized carbons (Fsp3) is 0.333. The summed E-state index contributed by atoms with van der Waals surface area (Å²) in [6, 6.07) is 8.76. The number of aromatic amines is 1. The van der Waals surface area contributed by atoms with Gasteiger partial charge in [-0.3, -0.25) is 0 Å². The molecule has 21 heavy (non-hydrogen) atoms. The van der Waals surface area contributed by atoms with Gasteiger partial charge in [0.15, 0.2) is 0 Å². The van der Waals surface area contributed by atoms with E-state index in [9.17, 15) is 8.42 Å². The molecule has 1 fully saturated rings. The molecule has 2 aromatic rings. The Kier molecular flexibility index (Phi) is 3.51. The molecule has 1 aromatic heterocycles. The van der Waals surface area contributed by atoms with Crippen LogP contribution in [0.25, 0.3) is 0 Å². The number of hydrogen-bond acceptors (Lipinski definition) is 3. The number of aromatic nitrogens is 1. The van der Waals surface area contributed by atoms with Crippen molar-refractivity contribution < 1.29 is 8.42 Å². The Morgan fingerprint density at radius 2 is 2.14 bits per heavy atom. The lowest BCUT2D eigenvalue weighted by Crippen LogP contribution is -2.31. The smallest absolute Gasteiger partial charge is 0.245 e. The third kappa shape index (κ3) is 2.45. The number of rotatable bonds is 3. The summed E-state index contributed by atoms with van der Waals surface area (Å²) in [5, 5.41) is 0. The number of benzene rings is 1. The van der Waals surface area contributed by atoms with E-state index in [2.05, 4.69) is 4.98 Å². The Morgan fingerprint density at radius 3 is 2.81 bits per heavy atom. The maximum absolute atomic E-state index is 12.9. The number of nitrogens with two attached hydrogens (primary N) is 1. The quantitative estimate of drug-likeness (QED) is 0.855. The van der Waals surface area contributed by atoms with Crippen molar-refractivity contribution in [1.29, 1.82) is 0 Å². The van der Waals surface area contributed by atoms with Crippen molar-refractivity contribution in [2.24, 2.45) is 0 Å². The Hall–Kier alpha value is -1.79. The van der Waals surface area contributed by atoms with Crippen molar-refractivity contribution >= 4 is 15.7 Å². The van der Waals surface area contributed by atoms with Crippen LogP contribution in [-0.2, 0) is 10.0 Å². The average Bonchev–Trinajstić information content (AvgIpc) is 3.09. The highest BCUT2D eigenvalue weighted by Gasteiger charge is 2.37. The largest absolute Gasteiger partial charge is 0.398 e. The lowest BCUT2D eigenvalue weighted by Gasteiger charge is -2.24. The van der Waals surface area contributed by atoms with Gasteiger partial charge in [-0.25, -0.2) is 8.42 Å². The average molecular weight is 305 g/mol. The van der Waals surface area contributed by atoms with E-state index in [1.165, 1.54) is 0 Å². The van der Waals surface area contributed by atoms with Crippen molar-refractivity contribution in [1.82, 2.24) is 9.29 Å². The van der Waals surface area contributed by atoms with E-state index in [1.807, 2.05) is 25.3 Å². The predicted octanol–water partition coefficient (Wildman–Crippen LogP) is 2.43. The topological polar surface area (TPSA) is 79.2 Å². The van der Waals surface area contributed by atoms with Crippen LogP contribution in [0.1, 0.15) is 30.1 Å². The second-order valence-corrected chi connectivity index (χ2v) is 7.30. The summed E-state index contributed by atoms with van der Waals surface area (Å²) in [5.74, 6) is 0. The van der Waals surface area contributed by atoms with E-state index in [1.54, 1.807) is 22.5 Å². The van der Waals surface area contributed by atoms with Crippen molar-refractivity contribution in [3.63, 3.8) is 0 Å². The van der Waals surface area contributed by atoms with Crippen LogP contribution in [-0.4, -0.2) is 24.3 Å². The Balaban J connectivity index is 2.01. The van der Waals surface area contributed by atoms with Gasteiger partial charge in [0.1, 0.15) is 4.90 Å². The number of nitrogen functional groups attached to an aromatic ring is 1. The van der Waals surface area contributed by atoms with Crippen LogP contribution in [0.5, 0.6) is 0 Å². The fourth-order valence-corrected chi connectivity index (χ4v) is 4.69. The fourth-order valence-electron chi connectivity index (χ4n) is 2.92. The second-order valence-electron chi connectivity index (χ2n) is 5.44. The summed E-state index contributed by atoms with van der Waals surface area (Å²) in [6.07, 6.45) is 3.50. The maximum Gasteiger partial charge on any atom is 0.245 e. The highest BCUT2D eigenvalue weighted by molar-refractivity contribution is 7.89. The van der Waals surface area contributed by atoms with Crippen LogP contribution in [0.3, 0.4) is 0 Å². The van der Waals surface area contributed by atoms with Crippen LogP contribution >= 0.6 is 0 Å². The normalized spacial score (nSPS) is 20.0. The molecule has 6 heteroatoms. The van der Waals surface area contributed by atoms with Crippen LogP contribution in [0.2, 0.25) is 0 Å². The van der Waals surface area contributed by atoms with Gasteiger partial charge in [0.2, 0.25) is 10.0 Å². The lowest BCUT2D eigenvalue weighted by atomic mass is 10.2. The van der Waals surface area contributed by atoms with Gasteiger partial charge < -0.3 is 10.7 Å². The molecule has 0 radical (unpaired) electrons. The minimum Gasteiger partial charge on any atom is -0.398 e. The van der Waals surface area contributed by atoms with Crippen LogP contribution in [0, 0.1) is 6.92 Å². The first kappa shape index (κ1) is 14.2.